The molecule has 2 aromatic rings. The van der Waals surface area contributed by atoms with Crippen molar-refractivity contribution in [2.45, 2.75) is 77.0 Å². The molecular weight excluding hydrogens is 380 g/mol. The molecule has 1 saturated heterocycles. The van der Waals surface area contributed by atoms with Crippen LogP contribution < -0.4 is 10.6 Å². The maximum absolute atomic E-state index is 12.1. The summed E-state index contributed by atoms with van der Waals surface area (Å²) in [6.45, 7) is 6.01. The quantitative estimate of drug-likeness (QED) is 0.650. The first-order chi connectivity index (χ1) is 13.5. The fourth-order valence-corrected chi connectivity index (χ4v) is 4.49. The van der Waals surface area contributed by atoms with Crippen LogP contribution >= 0.6 is 11.3 Å². The summed E-state index contributed by atoms with van der Waals surface area (Å²) in [6, 6.07) is 2.14. The van der Waals surface area contributed by atoms with E-state index in [9.17, 15) is 4.79 Å². The first kappa shape index (κ1) is 19.5. The largest absolute Gasteiger partial charge is 0.361 e. The van der Waals surface area contributed by atoms with E-state index in [-0.39, 0.29) is 30.9 Å². The Hall–Kier alpha value is -1.81. The van der Waals surface area contributed by atoms with Gasteiger partial charge in [0.15, 0.2) is 17.6 Å². The number of aryl methyl sites for hydroxylation is 1. The number of amides is 1. The molecule has 1 amide bonds. The van der Waals surface area contributed by atoms with Gasteiger partial charge in [0.2, 0.25) is 5.91 Å². The number of rotatable bonds is 8. The van der Waals surface area contributed by atoms with Crippen LogP contribution in [0.5, 0.6) is 0 Å². The first-order valence-corrected chi connectivity index (χ1v) is 10.5. The highest BCUT2D eigenvalue weighted by molar-refractivity contribution is 7.15. The van der Waals surface area contributed by atoms with Gasteiger partial charge in [-0.2, -0.15) is 0 Å². The maximum atomic E-state index is 12.1. The SMILES string of the molecule is Cc1cc(CC(=O)Nc2ncc([C@@H]3CC[C@H](OC4OC4NC(C)C)C3)s2)on1. The van der Waals surface area contributed by atoms with E-state index in [0.29, 0.717) is 22.9 Å². The normalized spacial score (nSPS) is 26.7. The number of anilines is 1. The fourth-order valence-electron chi connectivity index (χ4n) is 3.52. The molecule has 2 aliphatic rings. The third-order valence-electron chi connectivity index (χ3n) is 4.84. The van der Waals surface area contributed by atoms with E-state index >= 15 is 0 Å². The zero-order chi connectivity index (χ0) is 19.7. The van der Waals surface area contributed by atoms with Gasteiger partial charge in [0.1, 0.15) is 5.76 Å². The van der Waals surface area contributed by atoms with E-state index in [1.54, 1.807) is 6.07 Å². The molecule has 4 rings (SSSR count). The molecule has 4 atom stereocenters. The molecule has 2 unspecified atom stereocenters. The molecular formula is C19H26N4O4S. The highest BCUT2D eigenvalue weighted by Crippen LogP contribution is 2.41. The molecule has 0 spiro atoms. The van der Waals surface area contributed by atoms with E-state index in [2.05, 4.69) is 34.6 Å². The molecule has 9 heteroatoms. The number of carbonyl (C=O) groups is 1. The lowest BCUT2D eigenvalue weighted by Gasteiger charge is -2.10. The Bertz CT molecular complexity index is 820. The fraction of sp³-hybridized carbons (Fsp3) is 0.632. The van der Waals surface area contributed by atoms with Crippen molar-refractivity contribution in [1.29, 1.82) is 0 Å². The predicted octanol–water partition coefficient (Wildman–Crippen LogP) is 2.95. The Morgan fingerprint density at radius 2 is 2.29 bits per heavy atom. The number of nitrogens with one attached hydrogen (secondary N) is 2. The van der Waals surface area contributed by atoms with Gasteiger partial charge in [-0.3, -0.25) is 10.1 Å². The number of hydrogen-bond donors (Lipinski definition) is 2. The molecule has 0 bridgehead atoms. The van der Waals surface area contributed by atoms with Crippen LogP contribution in [0.25, 0.3) is 0 Å². The Morgan fingerprint density at radius 1 is 1.43 bits per heavy atom. The molecule has 2 N–H and O–H groups in total. The van der Waals surface area contributed by atoms with Crippen LogP contribution in [0.1, 0.15) is 55.4 Å². The van der Waals surface area contributed by atoms with Crippen LogP contribution in [0.3, 0.4) is 0 Å². The highest BCUT2D eigenvalue weighted by Gasteiger charge is 2.43. The van der Waals surface area contributed by atoms with Crippen molar-refractivity contribution in [2.24, 2.45) is 0 Å². The lowest BCUT2D eigenvalue weighted by Crippen LogP contribution is -2.28. The number of hydrogen-bond acceptors (Lipinski definition) is 8. The molecule has 28 heavy (non-hydrogen) atoms. The summed E-state index contributed by atoms with van der Waals surface area (Å²) in [5, 5.41) is 10.6. The van der Waals surface area contributed by atoms with Gasteiger partial charge in [-0.1, -0.05) is 5.16 Å². The van der Waals surface area contributed by atoms with Crippen molar-refractivity contribution in [3.8, 4) is 0 Å². The minimum atomic E-state index is -0.153. The minimum Gasteiger partial charge on any atom is -0.361 e. The molecule has 3 heterocycles. The molecule has 8 nitrogen and oxygen atoms in total. The van der Waals surface area contributed by atoms with E-state index < -0.39 is 0 Å². The third-order valence-corrected chi connectivity index (χ3v) is 5.92. The number of aromatic nitrogens is 2. The van der Waals surface area contributed by atoms with Gasteiger partial charge in [0.05, 0.1) is 18.2 Å². The predicted molar refractivity (Wildman–Crippen MR) is 104 cm³/mol. The standard InChI is InChI=1S/C19H26N4O4S/c1-10(2)21-17-18(26-17)25-13-5-4-12(7-13)15-9-20-19(28-15)22-16(24)8-14-6-11(3)23-27-14/h6,9-10,12-13,17-18,21H,4-5,7-8H2,1-3H3,(H,20,22,24)/t12-,13+,17?,18?/m1/s1. The maximum Gasteiger partial charge on any atom is 0.233 e. The molecule has 2 aromatic heterocycles. The number of epoxide rings is 1. The Morgan fingerprint density at radius 3 is 3.04 bits per heavy atom. The number of nitrogens with zero attached hydrogens (tertiary/aromatic N) is 2. The van der Waals surface area contributed by atoms with Crippen molar-refractivity contribution in [3.05, 3.63) is 28.6 Å². The van der Waals surface area contributed by atoms with Gasteiger partial charge >= 0.3 is 0 Å². The Labute approximate surface area is 168 Å². The van der Waals surface area contributed by atoms with Crippen molar-refractivity contribution in [3.63, 3.8) is 0 Å². The van der Waals surface area contributed by atoms with E-state index in [0.717, 1.165) is 25.0 Å². The number of carbonyl (C=O) groups excluding carboxylic acids is 1. The summed E-state index contributed by atoms with van der Waals surface area (Å²) in [5.74, 6) is 0.815. The van der Waals surface area contributed by atoms with Crippen LogP contribution in [-0.2, 0) is 20.7 Å². The first-order valence-electron chi connectivity index (χ1n) is 9.71. The average Bonchev–Trinajstić information content (AvgIpc) is 3.04. The van der Waals surface area contributed by atoms with Crippen LogP contribution in [0.2, 0.25) is 0 Å². The molecule has 1 aliphatic carbocycles. The number of ether oxygens (including phenoxy) is 2. The molecule has 0 radical (unpaired) electrons. The summed E-state index contributed by atoms with van der Waals surface area (Å²) in [5.41, 5.74) is 0.764. The van der Waals surface area contributed by atoms with Crippen LogP contribution in [0.4, 0.5) is 5.13 Å². The van der Waals surface area contributed by atoms with Crippen molar-refractivity contribution >= 4 is 22.4 Å². The summed E-state index contributed by atoms with van der Waals surface area (Å²) in [7, 11) is 0. The van der Waals surface area contributed by atoms with Crippen LogP contribution in [0, 0.1) is 6.92 Å². The van der Waals surface area contributed by atoms with Gasteiger partial charge in [-0.25, -0.2) is 4.98 Å². The van der Waals surface area contributed by atoms with Gasteiger partial charge in [0.25, 0.3) is 0 Å². The summed E-state index contributed by atoms with van der Waals surface area (Å²) in [6.07, 6.45) is 5.17. The van der Waals surface area contributed by atoms with Crippen molar-refractivity contribution in [2.75, 3.05) is 5.32 Å². The Balaban J connectivity index is 1.24. The average molecular weight is 407 g/mol. The molecule has 152 valence electrons. The second-order valence-corrected chi connectivity index (χ2v) is 8.80. The third kappa shape index (κ3) is 4.96. The monoisotopic (exact) mass is 406 g/mol. The molecule has 0 aromatic carbocycles. The number of thiazole rings is 1. The molecule has 1 saturated carbocycles. The smallest absolute Gasteiger partial charge is 0.233 e. The topological polar surface area (TPSA) is 102 Å². The van der Waals surface area contributed by atoms with Crippen molar-refractivity contribution in [1.82, 2.24) is 15.5 Å². The lowest BCUT2D eigenvalue weighted by atomic mass is 10.1. The van der Waals surface area contributed by atoms with Crippen LogP contribution in [0.15, 0.2) is 16.8 Å². The van der Waals surface area contributed by atoms with Gasteiger partial charge in [-0.15, -0.1) is 11.3 Å². The zero-order valence-electron chi connectivity index (χ0n) is 16.3. The van der Waals surface area contributed by atoms with E-state index in [1.165, 1.54) is 16.2 Å². The van der Waals surface area contributed by atoms with Gasteiger partial charge < -0.3 is 19.3 Å². The Kier molecular flexibility index (Phi) is 5.77. The van der Waals surface area contributed by atoms with Crippen molar-refractivity contribution < 1.29 is 18.8 Å². The lowest BCUT2D eigenvalue weighted by molar-refractivity contribution is -0.115. The van der Waals surface area contributed by atoms with E-state index in [4.69, 9.17) is 14.0 Å². The van der Waals surface area contributed by atoms with Gasteiger partial charge in [0, 0.05) is 23.2 Å². The molecule has 1 aliphatic heterocycles. The second kappa shape index (κ2) is 8.28. The van der Waals surface area contributed by atoms with Crippen LogP contribution in [-0.4, -0.2) is 40.7 Å². The zero-order valence-corrected chi connectivity index (χ0v) is 17.1. The second-order valence-electron chi connectivity index (χ2n) is 7.74. The summed E-state index contributed by atoms with van der Waals surface area (Å²) < 4.78 is 16.6. The van der Waals surface area contributed by atoms with Gasteiger partial charge in [-0.05, 0) is 46.0 Å². The summed E-state index contributed by atoms with van der Waals surface area (Å²) >= 11 is 1.53. The minimum absolute atomic E-state index is 0.0254. The van der Waals surface area contributed by atoms with E-state index in [1.807, 2.05) is 13.1 Å². The molecule has 2 fully saturated rings. The summed E-state index contributed by atoms with van der Waals surface area (Å²) in [4.78, 5) is 17.7. The highest BCUT2D eigenvalue weighted by atomic mass is 32.1.